The highest BCUT2D eigenvalue weighted by molar-refractivity contribution is 7.80. The normalized spacial score (nSPS) is 48.3. The summed E-state index contributed by atoms with van der Waals surface area (Å²) in [5, 5.41) is 101. The molecule has 38 heavy (non-hydrogen) atoms. The van der Waals surface area contributed by atoms with Gasteiger partial charge >= 0.3 is 10.4 Å². The summed E-state index contributed by atoms with van der Waals surface area (Å²) in [5.41, 5.74) is 0. The molecule has 3 aliphatic heterocycles. The third-order valence-corrected chi connectivity index (χ3v) is 6.80. The summed E-state index contributed by atoms with van der Waals surface area (Å²) < 4.78 is 61.5. The van der Waals surface area contributed by atoms with Gasteiger partial charge in [-0.3, -0.25) is 4.55 Å². The van der Waals surface area contributed by atoms with Gasteiger partial charge in [-0.1, -0.05) is 0 Å². The van der Waals surface area contributed by atoms with Crippen molar-refractivity contribution in [2.75, 3.05) is 26.4 Å². The maximum absolute atomic E-state index is 10.9. The van der Waals surface area contributed by atoms with E-state index in [0.29, 0.717) is 0 Å². The van der Waals surface area contributed by atoms with Crippen LogP contribution >= 0.6 is 0 Å². The van der Waals surface area contributed by atoms with E-state index in [-0.39, 0.29) is 0 Å². The average Bonchev–Trinajstić information content (AvgIpc) is 3.14. The van der Waals surface area contributed by atoms with Crippen LogP contribution < -0.4 is 0 Å². The standard InChI is InChI=1S/C18H32O19S/c19-1-5-8(22)11(25)13(27)16(33-5)35-15-10(24)6(2-20)36-18(15,4-21)37-17-14(28)12(26)9(23)7(34-17)3-32-38(29,30)31/h5-17,19-28H,1-4H2,(H,29,30,31)/t5-,6-,7-,8-,9-,10-,11+,12+,13-,14-,15+,16-,17-,18+/m1/s1. The molecule has 20 heteroatoms. The van der Waals surface area contributed by atoms with Gasteiger partial charge in [-0.15, -0.1) is 0 Å². The van der Waals surface area contributed by atoms with E-state index in [1.807, 2.05) is 0 Å². The van der Waals surface area contributed by atoms with Gasteiger partial charge in [0.25, 0.3) is 0 Å². The Bertz CT molecular complexity index is 874. The summed E-state index contributed by atoms with van der Waals surface area (Å²) in [5.74, 6) is -2.58. The van der Waals surface area contributed by atoms with Gasteiger partial charge in [0.05, 0.1) is 19.8 Å². The van der Waals surface area contributed by atoms with Crippen LogP contribution in [0.1, 0.15) is 0 Å². The van der Waals surface area contributed by atoms with Gasteiger partial charge in [0.2, 0.25) is 5.79 Å². The van der Waals surface area contributed by atoms with E-state index in [2.05, 4.69) is 4.18 Å². The summed E-state index contributed by atoms with van der Waals surface area (Å²) in [6, 6.07) is 0. The maximum Gasteiger partial charge on any atom is 0.397 e. The van der Waals surface area contributed by atoms with Gasteiger partial charge in [0.15, 0.2) is 12.6 Å². The van der Waals surface area contributed by atoms with Gasteiger partial charge < -0.3 is 74.7 Å². The van der Waals surface area contributed by atoms with Gasteiger partial charge in [0, 0.05) is 0 Å². The molecule has 0 bridgehead atoms. The van der Waals surface area contributed by atoms with E-state index in [1.165, 1.54) is 0 Å². The minimum Gasteiger partial charge on any atom is -0.394 e. The zero-order valence-corrected chi connectivity index (χ0v) is 20.2. The summed E-state index contributed by atoms with van der Waals surface area (Å²) in [6.07, 6.45) is -24.2. The summed E-state index contributed by atoms with van der Waals surface area (Å²) in [7, 11) is -5.01. The Kier molecular flexibility index (Phi) is 10.4. The smallest absolute Gasteiger partial charge is 0.394 e. The Balaban J connectivity index is 1.86. The van der Waals surface area contributed by atoms with Crippen LogP contribution in [0.2, 0.25) is 0 Å². The molecule has 3 rings (SSSR count). The maximum atomic E-state index is 10.9. The van der Waals surface area contributed by atoms with Gasteiger partial charge in [-0.2, -0.15) is 8.42 Å². The molecule has 0 amide bonds. The molecule has 11 N–H and O–H groups in total. The molecular weight excluding hydrogens is 552 g/mol. The van der Waals surface area contributed by atoms with Gasteiger partial charge in [-0.05, 0) is 0 Å². The fourth-order valence-electron chi connectivity index (χ4n) is 4.26. The largest absolute Gasteiger partial charge is 0.397 e. The van der Waals surface area contributed by atoms with Crippen molar-refractivity contribution in [3.05, 3.63) is 0 Å². The fraction of sp³-hybridized carbons (Fsp3) is 1.00. The van der Waals surface area contributed by atoms with Crippen molar-refractivity contribution in [3.63, 3.8) is 0 Å². The predicted molar refractivity (Wildman–Crippen MR) is 112 cm³/mol. The predicted octanol–water partition coefficient (Wildman–Crippen LogP) is -7.74. The van der Waals surface area contributed by atoms with E-state index < -0.39 is 122 Å². The minimum atomic E-state index is -5.01. The first-order chi connectivity index (χ1) is 17.7. The van der Waals surface area contributed by atoms with Crippen LogP contribution in [-0.4, -0.2) is 176 Å². The molecule has 0 spiro atoms. The molecule has 3 saturated heterocycles. The van der Waals surface area contributed by atoms with Crippen molar-refractivity contribution < 1.29 is 91.9 Å². The lowest BCUT2D eigenvalue weighted by Crippen LogP contribution is -2.64. The van der Waals surface area contributed by atoms with Crippen molar-refractivity contribution >= 4 is 10.4 Å². The topological polar surface area (TPSA) is 312 Å². The Morgan fingerprint density at radius 2 is 1.21 bits per heavy atom. The van der Waals surface area contributed by atoms with E-state index in [9.17, 15) is 59.5 Å². The number of hydrogen-bond acceptors (Lipinski definition) is 18. The highest BCUT2D eigenvalue weighted by Crippen LogP contribution is 2.39. The lowest BCUT2D eigenvalue weighted by atomic mass is 9.98. The summed E-state index contributed by atoms with van der Waals surface area (Å²) in [4.78, 5) is 0. The first-order valence-corrected chi connectivity index (χ1v) is 12.6. The second-order valence-corrected chi connectivity index (χ2v) is 9.99. The molecule has 0 aromatic rings. The van der Waals surface area contributed by atoms with Crippen molar-refractivity contribution in [2.24, 2.45) is 0 Å². The SMILES string of the molecule is O=S(=O)(O)OC[C@H]1O[C@H](O[C@]2(CO)O[C@H](CO)[C@@H](O)[C@@H]2O[C@H]2O[C@H](CO)[C@@H](O)[C@H](O)[C@H]2O)[C@H](O)[C@@H](O)[C@@H]1O. The van der Waals surface area contributed by atoms with Crippen molar-refractivity contribution in [1.29, 1.82) is 0 Å². The van der Waals surface area contributed by atoms with Crippen LogP contribution in [0.5, 0.6) is 0 Å². The molecule has 19 nitrogen and oxygen atoms in total. The van der Waals surface area contributed by atoms with Crippen molar-refractivity contribution in [3.8, 4) is 0 Å². The molecule has 3 aliphatic rings. The molecule has 3 fully saturated rings. The van der Waals surface area contributed by atoms with Crippen LogP contribution in [0.25, 0.3) is 0 Å². The highest BCUT2D eigenvalue weighted by atomic mass is 32.3. The Hall–Kier alpha value is -0.730. The second kappa shape index (κ2) is 12.4. The molecule has 0 aliphatic carbocycles. The monoisotopic (exact) mass is 584 g/mol. The zero-order valence-electron chi connectivity index (χ0n) is 19.4. The van der Waals surface area contributed by atoms with Gasteiger partial charge in [0.1, 0.15) is 73.8 Å². The van der Waals surface area contributed by atoms with E-state index in [1.54, 1.807) is 0 Å². The Morgan fingerprint density at radius 3 is 1.74 bits per heavy atom. The molecular formula is C18H32O19S. The Labute approximate surface area is 214 Å². The van der Waals surface area contributed by atoms with E-state index in [0.717, 1.165) is 0 Å². The van der Waals surface area contributed by atoms with Crippen LogP contribution in [0.4, 0.5) is 0 Å². The molecule has 0 saturated carbocycles. The lowest BCUT2D eigenvalue weighted by Gasteiger charge is -2.45. The molecule has 0 radical (unpaired) electrons. The molecule has 0 unspecified atom stereocenters. The van der Waals surface area contributed by atoms with Crippen LogP contribution in [-0.2, 0) is 38.3 Å². The number of ether oxygens (including phenoxy) is 5. The highest BCUT2D eigenvalue weighted by Gasteiger charge is 2.61. The number of aliphatic hydroxyl groups is 10. The van der Waals surface area contributed by atoms with E-state index in [4.69, 9.17) is 28.2 Å². The first kappa shape index (κ1) is 31.8. The first-order valence-electron chi connectivity index (χ1n) is 11.2. The number of hydrogen-bond donors (Lipinski definition) is 11. The number of rotatable bonds is 10. The van der Waals surface area contributed by atoms with Crippen LogP contribution in [0, 0.1) is 0 Å². The lowest BCUT2D eigenvalue weighted by molar-refractivity contribution is -0.399. The summed E-state index contributed by atoms with van der Waals surface area (Å²) in [6.45, 7) is -4.00. The zero-order chi connectivity index (χ0) is 28.6. The second-order valence-electron chi connectivity index (χ2n) is 8.90. The Morgan fingerprint density at radius 1 is 0.684 bits per heavy atom. The quantitative estimate of drug-likeness (QED) is 0.106. The molecule has 3 heterocycles. The molecule has 224 valence electrons. The molecule has 0 aromatic heterocycles. The van der Waals surface area contributed by atoms with Crippen LogP contribution in [0.15, 0.2) is 0 Å². The van der Waals surface area contributed by atoms with Crippen molar-refractivity contribution in [1.82, 2.24) is 0 Å². The third kappa shape index (κ3) is 6.43. The number of aliphatic hydroxyl groups excluding tert-OH is 10. The molecule has 0 aromatic carbocycles. The van der Waals surface area contributed by atoms with Crippen molar-refractivity contribution in [2.45, 2.75) is 85.5 Å². The van der Waals surface area contributed by atoms with E-state index >= 15 is 0 Å². The van der Waals surface area contributed by atoms with Crippen LogP contribution in [0.3, 0.4) is 0 Å². The third-order valence-electron chi connectivity index (χ3n) is 6.37. The summed E-state index contributed by atoms with van der Waals surface area (Å²) >= 11 is 0. The minimum absolute atomic E-state index is 0.829. The average molecular weight is 585 g/mol. The van der Waals surface area contributed by atoms with Gasteiger partial charge in [-0.25, -0.2) is 4.18 Å². The molecule has 14 atom stereocenters. The fourth-order valence-corrected chi connectivity index (χ4v) is 4.57.